The molecule has 3 aromatic rings. The van der Waals surface area contributed by atoms with E-state index in [0.29, 0.717) is 11.4 Å². The summed E-state index contributed by atoms with van der Waals surface area (Å²) in [6.45, 7) is 13.8. The van der Waals surface area contributed by atoms with Crippen molar-refractivity contribution in [3.63, 3.8) is 0 Å². The van der Waals surface area contributed by atoms with Crippen LogP contribution in [0.25, 0.3) is 0 Å². The van der Waals surface area contributed by atoms with Gasteiger partial charge in [0.05, 0.1) is 11.2 Å². The minimum absolute atomic E-state index is 0.0735. The molecule has 0 atom stereocenters. The fourth-order valence-electron chi connectivity index (χ4n) is 6.23. The van der Waals surface area contributed by atoms with Crippen molar-refractivity contribution in [3.8, 4) is 0 Å². The molecule has 3 aromatic heterocycles. The highest BCUT2D eigenvalue weighted by molar-refractivity contribution is 9.10. The van der Waals surface area contributed by atoms with Gasteiger partial charge in [0.1, 0.15) is 17.1 Å². The van der Waals surface area contributed by atoms with E-state index in [1.165, 1.54) is 9.80 Å². The third-order valence-corrected chi connectivity index (χ3v) is 12.6. The van der Waals surface area contributed by atoms with Crippen LogP contribution < -0.4 is 5.46 Å². The summed E-state index contributed by atoms with van der Waals surface area (Å²) in [6, 6.07) is 5.19. The highest BCUT2D eigenvalue weighted by Crippen LogP contribution is 2.36. The van der Waals surface area contributed by atoms with Crippen molar-refractivity contribution in [2.75, 3.05) is 28.2 Å². The van der Waals surface area contributed by atoms with Crippen LogP contribution in [0, 0.1) is 20.8 Å². The van der Waals surface area contributed by atoms with Crippen molar-refractivity contribution in [2.24, 2.45) is 0 Å². The fraction of sp³-hybridized carbons (Fsp3) is 0.419. The molecule has 0 spiro atoms. The third kappa shape index (κ3) is 18.1. The van der Waals surface area contributed by atoms with E-state index in [9.17, 15) is 14.4 Å². The number of hydrogen-bond acceptors (Lipinski definition) is 8. The van der Waals surface area contributed by atoms with Crippen LogP contribution in [0.15, 0.2) is 45.7 Å². The molecule has 0 bridgehead atoms. The number of carbonyl (C=O) groups is 3. The van der Waals surface area contributed by atoms with Gasteiger partial charge in [-0.2, -0.15) is 0 Å². The van der Waals surface area contributed by atoms with Crippen LogP contribution in [0.2, 0.25) is 0 Å². The zero-order chi connectivity index (χ0) is 50.6. The van der Waals surface area contributed by atoms with E-state index in [2.05, 4.69) is 46.8 Å². The highest BCUT2D eigenvalue weighted by atomic mass is 79.9. The van der Waals surface area contributed by atoms with E-state index in [1.807, 2.05) is 48.5 Å². The van der Waals surface area contributed by atoms with Crippen LogP contribution in [0.3, 0.4) is 0 Å². The minimum Gasteiger partial charge on any atom is -0.399 e. The molecule has 0 aliphatic carbocycles. The molecule has 0 aromatic carbocycles. The first-order valence-electron chi connectivity index (χ1n) is 20.2. The zero-order valence-corrected chi connectivity index (χ0v) is 42.9. The molecular formula is C31H39B21Br2ClN5O5. The van der Waals surface area contributed by atoms with Crippen LogP contribution in [0.4, 0.5) is 0 Å². The van der Waals surface area contributed by atoms with Gasteiger partial charge in [-0.05, 0) is 127 Å². The van der Waals surface area contributed by atoms with Crippen LogP contribution in [-0.2, 0) is 9.31 Å². The Morgan fingerprint density at radius 1 is 0.569 bits per heavy atom. The van der Waals surface area contributed by atoms with E-state index >= 15 is 0 Å². The second-order valence-electron chi connectivity index (χ2n) is 17.0. The van der Waals surface area contributed by atoms with E-state index in [1.54, 1.807) is 65.0 Å². The van der Waals surface area contributed by atoms with Gasteiger partial charge in [0, 0.05) is 204 Å². The van der Waals surface area contributed by atoms with Crippen LogP contribution in [0.1, 0.15) is 75.9 Å². The third-order valence-electron chi connectivity index (χ3n) is 10.8. The van der Waals surface area contributed by atoms with Gasteiger partial charge < -0.3 is 19.1 Å². The molecule has 1 saturated heterocycles. The molecule has 0 unspecified atom stereocenters. The summed E-state index contributed by atoms with van der Waals surface area (Å²) in [5.74, 6) is -0.186. The van der Waals surface area contributed by atoms with E-state index < -0.39 is 69.8 Å². The summed E-state index contributed by atoms with van der Waals surface area (Å²) in [7, 11) is 69.5. The van der Waals surface area contributed by atoms with Crippen LogP contribution in [-0.4, -0.2) is 231 Å². The number of aromatic nitrogens is 3. The molecule has 1 fully saturated rings. The summed E-state index contributed by atoms with van der Waals surface area (Å²) < 4.78 is 13.8. The predicted octanol–water partition coefficient (Wildman–Crippen LogP) is -1.84. The first-order chi connectivity index (χ1) is 29.7. The molecule has 1 aliphatic rings. The van der Waals surface area contributed by atoms with Crippen molar-refractivity contribution in [2.45, 2.75) is 59.7 Å². The van der Waals surface area contributed by atoms with Crippen molar-refractivity contribution in [3.05, 3.63) is 79.5 Å². The molecule has 0 N–H and O–H groups in total. The summed E-state index contributed by atoms with van der Waals surface area (Å²) >= 11 is 11.8. The average molecular weight is 984 g/mol. The molecule has 34 heteroatoms. The Bertz CT molecular complexity index is 2020. The number of halogens is 3. The largest absolute Gasteiger partial charge is 0.496 e. The maximum absolute atomic E-state index is 11.9. The smallest absolute Gasteiger partial charge is 0.399 e. The molecule has 4 heterocycles. The second-order valence-corrected chi connectivity index (χ2v) is 19.1. The quantitative estimate of drug-likeness (QED) is 0.154. The number of amides is 2. The maximum atomic E-state index is 11.9. The highest BCUT2D eigenvalue weighted by Gasteiger charge is 2.52. The number of pyridine rings is 3. The van der Waals surface area contributed by atoms with Crippen molar-refractivity contribution < 1.29 is 23.7 Å². The molecule has 1 aliphatic heterocycles. The fourth-order valence-corrected chi connectivity index (χ4v) is 6.76. The van der Waals surface area contributed by atoms with Gasteiger partial charge in [0.2, 0.25) is 0 Å². The van der Waals surface area contributed by atoms with E-state index in [-0.39, 0.29) is 28.7 Å². The van der Waals surface area contributed by atoms with Crippen molar-refractivity contribution in [1.82, 2.24) is 24.8 Å². The lowest BCUT2D eigenvalue weighted by atomic mass is 8.39. The summed E-state index contributed by atoms with van der Waals surface area (Å²) in [5, 5.41) is -0.527. The van der Waals surface area contributed by atoms with Gasteiger partial charge in [0.25, 0.3) is 17.1 Å². The van der Waals surface area contributed by atoms with Gasteiger partial charge >= 0.3 is 7.12 Å². The normalized spacial score (nSPS) is 12.8. The number of rotatable bonds is 12. The Morgan fingerprint density at radius 2 is 0.892 bits per heavy atom. The Hall–Kier alpha value is -1.41. The first kappa shape index (κ1) is 61.6. The Morgan fingerprint density at radius 3 is 1.18 bits per heavy atom. The summed E-state index contributed by atoms with van der Waals surface area (Å²) in [5.41, 5.74) is 4.18. The van der Waals surface area contributed by atoms with Crippen LogP contribution >= 0.6 is 43.5 Å². The minimum atomic E-state index is -0.889. The number of nitrogens with zero attached hydrogens (tertiary/aromatic N) is 5. The molecule has 10 nitrogen and oxygen atoms in total. The molecule has 65 heavy (non-hydrogen) atoms. The topological polar surface area (TPSA) is 115 Å². The second kappa shape index (κ2) is 27.1. The van der Waals surface area contributed by atoms with Gasteiger partial charge in [-0.1, -0.05) is 0 Å². The number of aryl methyl sites for hydroxylation is 3. The number of carbonyl (C=O) groups excluding carboxylic acids is 3. The molecule has 302 valence electrons. The lowest BCUT2D eigenvalue weighted by Crippen LogP contribution is -2.80. The molecule has 0 saturated carbocycles. The Kier molecular flexibility index (Phi) is 25.7. The zero-order valence-electron chi connectivity index (χ0n) is 39.0. The van der Waals surface area contributed by atoms with Crippen LogP contribution in [0.5, 0.6) is 0 Å². The van der Waals surface area contributed by atoms with Crippen molar-refractivity contribution >= 4 is 216 Å². The SMILES string of the molecule is Cc1cc(C(=O)Cl)ncc1Br.Cc1cc(C(=O)N(C)C)ncc1B1OC(C)(C)C(C)(C)O1.Cc1cc(C(=O)N(C)C)ncc1Br.[B]B([B])B([B])B(B(B([B])[B])B([B])[B])B(B([B])[B])B([B])[B]. The summed E-state index contributed by atoms with van der Waals surface area (Å²) in [6.07, 6.45) is -2.27. The average Bonchev–Trinajstić information content (AvgIpc) is 3.40. The first-order valence-corrected chi connectivity index (χ1v) is 22.2. The summed E-state index contributed by atoms with van der Waals surface area (Å²) in [4.78, 5) is 49.1. The van der Waals surface area contributed by atoms with Crippen molar-refractivity contribution in [1.29, 1.82) is 0 Å². The Labute approximate surface area is 428 Å². The van der Waals surface area contributed by atoms with E-state index in [4.69, 9.17) is 106 Å². The molecule has 22 radical (unpaired) electrons. The van der Waals surface area contributed by atoms with Gasteiger partial charge in [-0.25, -0.2) is 4.98 Å². The maximum Gasteiger partial charge on any atom is 0.496 e. The lowest BCUT2D eigenvalue weighted by Gasteiger charge is -2.42. The number of hydrogen-bond donors (Lipinski definition) is 0. The van der Waals surface area contributed by atoms with E-state index in [0.717, 1.165) is 31.1 Å². The van der Waals surface area contributed by atoms with Gasteiger partial charge in [-0.3, -0.25) is 24.4 Å². The standard InChI is InChI=1S/C15H23BN2O3.C9H11BrN2O.C7H5BrClNO.B20/c1-10-8-12(13(19)18(6)7)17-9-11(10)16-20-14(2,3)15(4,5)21-16;1-6-4-8(9(13)12(2)3)11-5-7(6)10;1-4-2-6(7(9)11)10-3-5(4)8;1-12(2)17(11)20(18(13(3)4)14(5)6)19(15(7)8)16(9)10/h8-9H,1-7H3;4-5H,1-3H3;2-3H,1H3;. The van der Waals surface area contributed by atoms with Gasteiger partial charge in [0.15, 0.2) is 0 Å². The lowest BCUT2D eigenvalue weighted by molar-refractivity contribution is 0.00578. The molecule has 2 amide bonds. The van der Waals surface area contributed by atoms with Gasteiger partial charge in [-0.15, -0.1) is 0 Å². The molecule has 4 rings (SSSR count). The Balaban J connectivity index is 0.000000447. The monoisotopic (exact) mass is 985 g/mol. The predicted molar refractivity (Wildman–Crippen MR) is 299 cm³/mol. The molecular weight excluding hydrogens is 945 g/mol.